The zero-order valence-electron chi connectivity index (χ0n) is 19.8. The molecule has 0 saturated heterocycles. The van der Waals surface area contributed by atoms with Crippen LogP contribution in [-0.4, -0.2) is 53.3 Å². The van der Waals surface area contributed by atoms with Crippen molar-refractivity contribution < 1.29 is 28.7 Å². The Labute approximate surface area is 203 Å². The average molecular weight is 481 g/mol. The van der Waals surface area contributed by atoms with E-state index < -0.39 is 17.6 Å². The van der Waals surface area contributed by atoms with E-state index in [0.717, 1.165) is 4.90 Å². The van der Waals surface area contributed by atoms with Crippen LogP contribution >= 0.6 is 0 Å². The first-order valence-corrected chi connectivity index (χ1v) is 11.2. The molecule has 3 N–H and O–H groups in total. The van der Waals surface area contributed by atoms with Crippen molar-refractivity contribution in [2.75, 3.05) is 23.7 Å². The molecule has 3 rings (SSSR count). The number of nitrogens with zero attached hydrogens (tertiary/aromatic N) is 1. The summed E-state index contributed by atoms with van der Waals surface area (Å²) in [7, 11) is 0. The predicted molar refractivity (Wildman–Crippen MR) is 129 cm³/mol. The fourth-order valence-corrected chi connectivity index (χ4v) is 3.41. The number of amides is 5. The minimum absolute atomic E-state index is 0.101. The summed E-state index contributed by atoms with van der Waals surface area (Å²) in [6, 6.07) is 13.2. The Kier molecular flexibility index (Phi) is 7.85. The fraction of sp³-hybridized carbons (Fsp3) is 0.320. The number of carbonyl (C=O) groups is 5. The molecule has 1 aliphatic rings. The molecule has 0 radical (unpaired) electrons. The quantitative estimate of drug-likeness (QED) is 0.497. The van der Waals surface area contributed by atoms with E-state index in [0.29, 0.717) is 28.9 Å². The van der Waals surface area contributed by atoms with Crippen molar-refractivity contribution in [1.82, 2.24) is 10.2 Å². The number of nitrogens with one attached hydrogen (secondary N) is 3. The Morgan fingerprint density at radius 3 is 2.00 bits per heavy atom. The lowest BCUT2D eigenvalue weighted by molar-refractivity contribution is -0.116. The molecule has 1 aliphatic heterocycles. The number of fused-ring (bicyclic) bond motifs is 1. The molecular weight excluding hydrogens is 452 g/mol. The zero-order valence-corrected chi connectivity index (χ0v) is 19.8. The first kappa shape index (κ1) is 25.4. The van der Waals surface area contributed by atoms with E-state index in [-0.39, 0.29) is 37.2 Å². The SMILES string of the molecule is CC(C)(C)OC(=O)NCC(=O)Nc1cccc(NC(=O)CCCN2C(=O)c3ccccc3C2=O)c1. The molecule has 0 saturated carbocycles. The number of rotatable bonds is 8. The Bertz CT molecular complexity index is 1120. The molecule has 0 spiro atoms. The number of ether oxygens (including phenoxy) is 1. The maximum atomic E-state index is 12.4. The highest BCUT2D eigenvalue weighted by Gasteiger charge is 2.34. The van der Waals surface area contributed by atoms with Crippen LogP contribution in [0.3, 0.4) is 0 Å². The van der Waals surface area contributed by atoms with Crippen LogP contribution in [0.25, 0.3) is 0 Å². The van der Waals surface area contributed by atoms with E-state index in [1.165, 1.54) is 0 Å². The van der Waals surface area contributed by atoms with Crippen LogP contribution in [0.2, 0.25) is 0 Å². The molecule has 0 unspecified atom stereocenters. The molecule has 2 aromatic rings. The second-order valence-electron chi connectivity index (χ2n) is 8.94. The molecule has 2 aromatic carbocycles. The molecular formula is C25H28N4O6. The van der Waals surface area contributed by atoms with Crippen LogP contribution in [0.15, 0.2) is 48.5 Å². The van der Waals surface area contributed by atoms with Gasteiger partial charge in [-0.2, -0.15) is 0 Å². The summed E-state index contributed by atoms with van der Waals surface area (Å²) in [6.07, 6.45) is -0.289. The van der Waals surface area contributed by atoms with E-state index >= 15 is 0 Å². The van der Waals surface area contributed by atoms with Crippen LogP contribution in [0.5, 0.6) is 0 Å². The van der Waals surface area contributed by atoms with E-state index in [4.69, 9.17) is 4.74 Å². The molecule has 0 aliphatic carbocycles. The molecule has 0 bridgehead atoms. The van der Waals surface area contributed by atoms with Gasteiger partial charge in [-0.3, -0.25) is 24.1 Å². The standard InChI is InChI=1S/C25H28N4O6/c1-25(2,3)35-24(34)26-15-21(31)28-17-9-6-8-16(14-17)27-20(30)12-7-13-29-22(32)18-10-4-5-11-19(18)23(29)33/h4-6,8-11,14H,7,12-13,15H2,1-3H3,(H,26,34)(H,27,30)(H,28,31). The van der Waals surface area contributed by atoms with Gasteiger partial charge in [-0.1, -0.05) is 18.2 Å². The molecule has 0 atom stereocenters. The van der Waals surface area contributed by atoms with Crippen molar-refractivity contribution in [1.29, 1.82) is 0 Å². The van der Waals surface area contributed by atoms with Gasteiger partial charge in [0.1, 0.15) is 12.1 Å². The van der Waals surface area contributed by atoms with Gasteiger partial charge in [0, 0.05) is 24.3 Å². The predicted octanol–water partition coefficient (Wildman–Crippen LogP) is 3.16. The number of carbonyl (C=O) groups excluding carboxylic acids is 5. The first-order valence-electron chi connectivity index (χ1n) is 11.2. The average Bonchev–Trinajstić information content (AvgIpc) is 3.02. The van der Waals surface area contributed by atoms with Gasteiger partial charge in [0.2, 0.25) is 11.8 Å². The van der Waals surface area contributed by atoms with Gasteiger partial charge in [0.25, 0.3) is 11.8 Å². The van der Waals surface area contributed by atoms with Crippen LogP contribution in [-0.2, 0) is 14.3 Å². The number of hydrogen-bond donors (Lipinski definition) is 3. The fourth-order valence-electron chi connectivity index (χ4n) is 3.41. The highest BCUT2D eigenvalue weighted by Crippen LogP contribution is 2.23. The third kappa shape index (κ3) is 7.13. The minimum atomic E-state index is -0.699. The molecule has 184 valence electrons. The highest BCUT2D eigenvalue weighted by atomic mass is 16.6. The number of hydrogen-bond acceptors (Lipinski definition) is 6. The monoisotopic (exact) mass is 480 g/mol. The molecule has 1 heterocycles. The van der Waals surface area contributed by atoms with Crippen molar-refractivity contribution in [3.05, 3.63) is 59.7 Å². The molecule has 35 heavy (non-hydrogen) atoms. The molecule has 10 nitrogen and oxygen atoms in total. The van der Waals surface area contributed by atoms with Gasteiger partial charge in [0.05, 0.1) is 11.1 Å². The number of imide groups is 1. The normalized spacial score (nSPS) is 12.7. The Morgan fingerprint density at radius 2 is 1.43 bits per heavy atom. The second-order valence-corrected chi connectivity index (χ2v) is 8.94. The summed E-state index contributed by atoms with van der Waals surface area (Å²) in [5, 5.41) is 7.73. The maximum absolute atomic E-state index is 12.4. The van der Waals surface area contributed by atoms with E-state index in [1.54, 1.807) is 69.3 Å². The van der Waals surface area contributed by atoms with Gasteiger partial charge in [-0.15, -0.1) is 0 Å². The van der Waals surface area contributed by atoms with Gasteiger partial charge < -0.3 is 20.7 Å². The summed E-state index contributed by atoms with van der Waals surface area (Å²) in [6.45, 7) is 5.02. The third-order valence-electron chi connectivity index (χ3n) is 4.89. The second kappa shape index (κ2) is 10.8. The summed E-state index contributed by atoms with van der Waals surface area (Å²) in [4.78, 5) is 62.0. The molecule has 5 amide bonds. The van der Waals surface area contributed by atoms with E-state index in [1.807, 2.05) is 0 Å². The topological polar surface area (TPSA) is 134 Å². The summed E-state index contributed by atoms with van der Waals surface area (Å²) in [5.74, 6) is -1.46. The van der Waals surface area contributed by atoms with Crippen LogP contribution < -0.4 is 16.0 Å². The smallest absolute Gasteiger partial charge is 0.408 e. The van der Waals surface area contributed by atoms with Crippen molar-refractivity contribution in [3.8, 4) is 0 Å². The van der Waals surface area contributed by atoms with Crippen LogP contribution in [0.1, 0.15) is 54.3 Å². The van der Waals surface area contributed by atoms with Gasteiger partial charge in [-0.05, 0) is 57.5 Å². The molecule has 0 fully saturated rings. The van der Waals surface area contributed by atoms with Crippen molar-refractivity contribution >= 4 is 41.1 Å². The van der Waals surface area contributed by atoms with Crippen LogP contribution in [0, 0.1) is 0 Å². The van der Waals surface area contributed by atoms with Crippen LogP contribution in [0.4, 0.5) is 16.2 Å². The highest BCUT2D eigenvalue weighted by molar-refractivity contribution is 6.21. The summed E-state index contributed by atoms with van der Waals surface area (Å²) >= 11 is 0. The Morgan fingerprint density at radius 1 is 0.857 bits per heavy atom. The summed E-state index contributed by atoms with van der Waals surface area (Å²) < 4.78 is 5.08. The molecule has 10 heteroatoms. The number of alkyl carbamates (subject to hydrolysis) is 1. The van der Waals surface area contributed by atoms with E-state index in [2.05, 4.69) is 16.0 Å². The third-order valence-corrected chi connectivity index (χ3v) is 4.89. The first-order chi connectivity index (χ1) is 16.5. The van der Waals surface area contributed by atoms with Crippen molar-refractivity contribution in [2.45, 2.75) is 39.2 Å². The minimum Gasteiger partial charge on any atom is -0.444 e. The largest absolute Gasteiger partial charge is 0.444 e. The lowest BCUT2D eigenvalue weighted by Gasteiger charge is -2.19. The van der Waals surface area contributed by atoms with E-state index in [9.17, 15) is 24.0 Å². The lowest BCUT2D eigenvalue weighted by atomic mass is 10.1. The zero-order chi connectivity index (χ0) is 25.6. The van der Waals surface area contributed by atoms with Crippen molar-refractivity contribution in [3.63, 3.8) is 0 Å². The Balaban J connectivity index is 1.43. The lowest BCUT2D eigenvalue weighted by Crippen LogP contribution is -2.37. The Hall–Kier alpha value is -4.21. The van der Waals surface area contributed by atoms with Crippen molar-refractivity contribution in [2.24, 2.45) is 0 Å². The number of benzene rings is 2. The summed E-state index contributed by atoms with van der Waals surface area (Å²) in [5.41, 5.74) is 0.986. The molecule has 0 aromatic heterocycles. The maximum Gasteiger partial charge on any atom is 0.408 e. The van der Waals surface area contributed by atoms with Gasteiger partial charge in [0.15, 0.2) is 0 Å². The van der Waals surface area contributed by atoms with Gasteiger partial charge in [-0.25, -0.2) is 4.79 Å². The number of anilines is 2. The van der Waals surface area contributed by atoms with Gasteiger partial charge >= 0.3 is 6.09 Å².